The Morgan fingerprint density at radius 3 is 2.59 bits per heavy atom. The van der Waals surface area contributed by atoms with Gasteiger partial charge >= 0.3 is 6.09 Å². The first-order valence-corrected chi connectivity index (χ1v) is 12.7. The molecule has 1 N–H and O–H groups in total. The van der Waals surface area contributed by atoms with Crippen molar-refractivity contribution in [3.05, 3.63) is 65.7 Å². The summed E-state index contributed by atoms with van der Waals surface area (Å²) >= 11 is 0. The number of rotatable bonds is 7. The minimum atomic E-state index is -0.513. The molecule has 0 unspecified atom stereocenters. The van der Waals surface area contributed by atoms with Crippen LogP contribution in [0.3, 0.4) is 0 Å². The van der Waals surface area contributed by atoms with Crippen LogP contribution in [0.1, 0.15) is 44.7 Å². The minimum absolute atomic E-state index is 0.0755. The molecule has 8 heteroatoms. The molecule has 1 atom stereocenters. The van der Waals surface area contributed by atoms with Crippen LogP contribution in [0, 0.1) is 6.92 Å². The lowest BCUT2D eigenvalue weighted by molar-refractivity contribution is 0.0206. The van der Waals surface area contributed by atoms with E-state index in [0.29, 0.717) is 37.0 Å². The van der Waals surface area contributed by atoms with Crippen LogP contribution in [0.15, 0.2) is 54.6 Å². The van der Waals surface area contributed by atoms with Gasteiger partial charge < -0.3 is 24.4 Å². The maximum Gasteiger partial charge on any atom is 0.410 e. The molecule has 1 saturated heterocycles. The van der Waals surface area contributed by atoms with E-state index >= 15 is 0 Å². The number of aromatic nitrogens is 2. The van der Waals surface area contributed by atoms with Crippen LogP contribution in [0.2, 0.25) is 0 Å². The number of likely N-dealkylation sites (tertiary alicyclic amines) is 1. The van der Waals surface area contributed by atoms with Crippen LogP contribution < -0.4 is 14.8 Å². The molecule has 0 radical (unpaired) electrons. The summed E-state index contributed by atoms with van der Waals surface area (Å²) in [6, 6.07) is 17.8. The Morgan fingerprint density at radius 1 is 1.11 bits per heavy atom. The van der Waals surface area contributed by atoms with E-state index in [2.05, 4.69) is 15.5 Å². The van der Waals surface area contributed by atoms with Crippen molar-refractivity contribution in [2.75, 3.05) is 25.5 Å². The number of carbonyl (C=O) groups is 1. The van der Waals surface area contributed by atoms with Gasteiger partial charge in [0.1, 0.15) is 29.5 Å². The highest BCUT2D eigenvalue weighted by molar-refractivity contribution is 5.71. The number of aryl methyl sites for hydroxylation is 1. The molecule has 1 aromatic heterocycles. The highest BCUT2D eigenvalue weighted by Crippen LogP contribution is 2.35. The maximum absolute atomic E-state index is 12.5. The molecule has 2 heterocycles. The molecule has 3 aromatic rings. The lowest BCUT2D eigenvalue weighted by Crippen LogP contribution is -2.47. The summed E-state index contributed by atoms with van der Waals surface area (Å²) < 4.78 is 17.1. The van der Waals surface area contributed by atoms with Gasteiger partial charge in [0.05, 0.1) is 12.8 Å². The number of methoxy groups -OCH3 is 1. The number of hydrogen-bond acceptors (Lipinski definition) is 7. The van der Waals surface area contributed by atoms with Gasteiger partial charge in [0, 0.05) is 30.8 Å². The van der Waals surface area contributed by atoms with Crippen molar-refractivity contribution in [1.82, 2.24) is 15.1 Å². The lowest BCUT2D eigenvalue weighted by Gasteiger charge is -2.34. The SMILES string of the molecule is COc1ccc(-c2nnc(N[C@@H]3CCCN(C(=O)OC(C)(C)C)C3)cc2C)c(OCc2ccccc2)c1. The van der Waals surface area contributed by atoms with E-state index in [1.54, 1.807) is 12.0 Å². The van der Waals surface area contributed by atoms with Crippen molar-refractivity contribution in [3.8, 4) is 22.8 Å². The highest BCUT2D eigenvalue weighted by atomic mass is 16.6. The third kappa shape index (κ3) is 7.12. The van der Waals surface area contributed by atoms with E-state index in [-0.39, 0.29) is 12.1 Å². The number of anilines is 1. The summed E-state index contributed by atoms with van der Waals surface area (Å²) in [5, 5.41) is 12.5. The zero-order valence-electron chi connectivity index (χ0n) is 22.3. The predicted octanol–water partition coefficient (Wildman–Crippen LogP) is 5.85. The Hall–Kier alpha value is -3.81. The third-order valence-corrected chi connectivity index (χ3v) is 6.09. The Kier molecular flexibility index (Phi) is 8.16. The Morgan fingerprint density at radius 2 is 1.89 bits per heavy atom. The maximum atomic E-state index is 12.5. The monoisotopic (exact) mass is 504 g/mol. The first kappa shape index (κ1) is 26.3. The normalized spacial score (nSPS) is 15.7. The van der Waals surface area contributed by atoms with E-state index in [1.165, 1.54) is 0 Å². The van der Waals surface area contributed by atoms with Crippen LogP contribution in [-0.2, 0) is 11.3 Å². The molecule has 1 aliphatic rings. The fraction of sp³-hybridized carbons (Fsp3) is 0.414. The first-order chi connectivity index (χ1) is 17.7. The molecule has 2 aromatic carbocycles. The molecule has 0 spiro atoms. The summed E-state index contributed by atoms with van der Waals surface area (Å²) in [6.45, 7) is 9.34. The van der Waals surface area contributed by atoms with Crippen LogP contribution in [0.5, 0.6) is 11.5 Å². The number of ether oxygens (including phenoxy) is 3. The minimum Gasteiger partial charge on any atom is -0.497 e. The fourth-order valence-corrected chi connectivity index (χ4v) is 4.30. The number of piperidine rings is 1. The van der Waals surface area contributed by atoms with E-state index in [4.69, 9.17) is 14.2 Å². The molecule has 1 aliphatic heterocycles. The summed E-state index contributed by atoms with van der Waals surface area (Å²) in [7, 11) is 1.64. The summed E-state index contributed by atoms with van der Waals surface area (Å²) in [5.41, 5.74) is 3.12. The van der Waals surface area contributed by atoms with Crippen molar-refractivity contribution in [2.24, 2.45) is 0 Å². The summed E-state index contributed by atoms with van der Waals surface area (Å²) in [5.74, 6) is 2.07. The van der Waals surface area contributed by atoms with Crippen LogP contribution in [-0.4, -0.2) is 53.0 Å². The molecule has 0 aliphatic carbocycles. The Balaban J connectivity index is 1.48. The molecular weight excluding hydrogens is 468 g/mol. The zero-order valence-corrected chi connectivity index (χ0v) is 22.3. The summed E-state index contributed by atoms with van der Waals surface area (Å²) in [4.78, 5) is 14.3. The number of nitrogens with zero attached hydrogens (tertiary/aromatic N) is 3. The van der Waals surface area contributed by atoms with Gasteiger partial charge in [0.15, 0.2) is 0 Å². The second-order valence-corrected chi connectivity index (χ2v) is 10.3. The second kappa shape index (κ2) is 11.5. The Bertz CT molecular complexity index is 1210. The van der Waals surface area contributed by atoms with E-state index in [0.717, 1.165) is 35.2 Å². The molecule has 1 amide bonds. The van der Waals surface area contributed by atoms with Gasteiger partial charge in [-0.05, 0) is 69.9 Å². The van der Waals surface area contributed by atoms with Crippen molar-refractivity contribution < 1.29 is 19.0 Å². The smallest absolute Gasteiger partial charge is 0.410 e. The molecule has 0 bridgehead atoms. The Labute approximate surface area is 219 Å². The molecular formula is C29H36N4O4. The van der Waals surface area contributed by atoms with Crippen molar-refractivity contribution in [2.45, 2.75) is 58.8 Å². The lowest BCUT2D eigenvalue weighted by atomic mass is 10.0. The zero-order chi connectivity index (χ0) is 26.4. The van der Waals surface area contributed by atoms with Crippen LogP contribution in [0.25, 0.3) is 11.3 Å². The van der Waals surface area contributed by atoms with E-state index in [9.17, 15) is 4.79 Å². The average molecular weight is 505 g/mol. The summed E-state index contributed by atoms with van der Waals surface area (Å²) in [6.07, 6.45) is 1.56. The first-order valence-electron chi connectivity index (χ1n) is 12.7. The molecule has 4 rings (SSSR count). The van der Waals surface area contributed by atoms with Gasteiger partial charge in [-0.3, -0.25) is 0 Å². The number of amides is 1. The van der Waals surface area contributed by atoms with Crippen LogP contribution in [0.4, 0.5) is 10.6 Å². The van der Waals surface area contributed by atoms with Gasteiger partial charge in [-0.1, -0.05) is 30.3 Å². The van der Waals surface area contributed by atoms with Crippen LogP contribution >= 0.6 is 0 Å². The quantitative estimate of drug-likeness (QED) is 0.432. The van der Waals surface area contributed by atoms with Gasteiger partial charge in [-0.15, -0.1) is 10.2 Å². The highest BCUT2D eigenvalue weighted by Gasteiger charge is 2.28. The number of carbonyl (C=O) groups excluding carboxylic acids is 1. The van der Waals surface area contributed by atoms with Gasteiger partial charge in [0.2, 0.25) is 0 Å². The van der Waals surface area contributed by atoms with Crippen molar-refractivity contribution in [3.63, 3.8) is 0 Å². The molecule has 196 valence electrons. The van der Waals surface area contributed by atoms with Crippen molar-refractivity contribution in [1.29, 1.82) is 0 Å². The molecule has 1 fully saturated rings. The number of nitrogens with one attached hydrogen (secondary N) is 1. The topological polar surface area (TPSA) is 85.8 Å². The predicted molar refractivity (Wildman–Crippen MR) is 144 cm³/mol. The molecule has 0 saturated carbocycles. The largest absolute Gasteiger partial charge is 0.497 e. The average Bonchev–Trinajstić information content (AvgIpc) is 2.87. The van der Waals surface area contributed by atoms with Gasteiger partial charge in [0.25, 0.3) is 0 Å². The van der Waals surface area contributed by atoms with E-state index < -0.39 is 5.60 Å². The van der Waals surface area contributed by atoms with Gasteiger partial charge in [-0.2, -0.15) is 0 Å². The second-order valence-electron chi connectivity index (χ2n) is 10.3. The van der Waals surface area contributed by atoms with Crippen molar-refractivity contribution >= 4 is 11.9 Å². The van der Waals surface area contributed by atoms with Gasteiger partial charge in [-0.25, -0.2) is 4.79 Å². The van der Waals surface area contributed by atoms with E-state index in [1.807, 2.05) is 82.3 Å². The number of hydrogen-bond donors (Lipinski definition) is 1. The fourth-order valence-electron chi connectivity index (χ4n) is 4.30. The molecule has 8 nitrogen and oxygen atoms in total. The standard InChI is InChI=1S/C29H36N4O4/c1-20-16-26(30-22-12-9-15-33(18-22)28(34)37-29(2,3)4)31-32-27(20)24-14-13-23(35-5)17-25(24)36-19-21-10-7-6-8-11-21/h6-8,10-11,13-14,16-17,22H,9,12,15,18-19H2,1-5H3,(H,30,31)/t22-/m1/s1. The number of benzene rings is 2. The third-order valence-electron chi connectivity index (χ3n) is 6.09. The molecule has 37 heavy (non-hydrogen) atoms.